The number of benzene rings is 1. The Hall–Kier alpha value is -2.06. The summed E-state index contributed by atoms with van der Waals surface area (Å²) in [6.45, 7) is 0.457. The first-order valence-electron chi connectivity index (χ1n) is 5.05. The van der Waals surface area contributed by atoms with E-state index in [1.165, 1.54) is 6.39 Å². The molecular weight excluding hydrogens is 256 g/mol. The molecule has 18 heavy (non-hydrogen) atoms. The topological polar surface area (TPSA) is 110 Å². The zero-order chi connectivity index (χ0) is 13.0. The van der Waals surface area contributed by atoms with Gasteiger partial charge >= 0.3 is 0 Å². The Kier molecular flexibility index (Phi) is 3.49. The van der Waals surface area contributed by atoms with Gasteiger partial charge in [0.1, 0.15) is 5.76 Å². The Morgan fingerprint density at radius 1 is 1.33 bits per heavy atom. The highest BCUT2D eigenvalue weighted by Crippen LogP contribution is 2.16. The van der Waals surface area contributed by atoms with Crippen molar-refractivity contribution in [2.45, 2.75) is 6.54 Å². The lowest BCUT2D eigenvalue weighted by Crippen LogP contribution is -2.21. The van der Waals surface area contributed by atoms with E-state index in [-0.39, 0.29) is 0 Å². The van der Waals surface area contributed by atoms with Crippen molar-refractivity contribution in [3.8, 4) is 0 Å². The van der Waals surface area contributed by atoms with Gasteiger partial charge in [0, 0.05) is 5.69 Å². The lowest BCUT2D eigenvalue weighted by Gasteiger charge is -2.07. The van der Waals surface area contributed by atoms with Crippen LogP contribution in [-0.4, -0.2) is 13.4 Å². The fraction of sp³-hybridized carbons (Fsp3) is 0.100. The van der Waals surface area contributed by atoms with Crippen molar-refractivity contribution in [1.82, 2.24) is 4.98 Å². The molecule has 0 radical (unpaired) electrons. The molecular formula is C10H12N4O3S. The first-order valence-corrected chi connectivity index (χ1v) is 6.59. The first-order chi connectivity index (χ1) is 8.53. The summed E-state index contributed by atoms with van der Waals surface area (Å²) in [5, 5.41) is 7.95. The maximum absolute atomic E-state index is 10.9. The molecule has 2 rings (SSSR count). The van der Waals surface area contributed by atoms with Crippen LogP contribution in [0.4, 0.5) is 11.4 Å². The highest BCUT2D eigenvalue weighted by molar-refractivity contribution is 7.90. The molecule has 2 aromatic rings. The molecule has 0 amide bonds. The van der Waals surface area contributed by atoms with Crippen LogP contribution in [0, 0.1) is 0 Å². The smallest absolute Gasteiger partial charge is 0.296 e. The lowest BCUT2D eigenvalue weighted by atomic mass is 10.3. The molecule has 0 bridgehead atoms. The zero-order valence-electron chi connectivity index (χ0n) is 9.33. The van der Waals surface area contributed by atoms with Crippen molar-refractivity contribution in [3.05, 3.63) is 42.6 Å². The third kappa shape index (κ3) is 3.75. The maximum Gasteiger partial charge on any atom is 0.296 e. The van der Waals surface area contributed by atoms with Crippen LogP contribution in [0.25, 0.3) is 0 Å². The molecule has 0 unspecified atom stereocenters. The van der Waals surface area contributed by atoms with E-state index in [9.17, 15) is 8.42 Å². The lowest BCUT2D eigenvalue weighted by molar-refractivity contribution is 0.512. The Morgan fingerprint density at radius 3 is 2.78 bits per heavy atom. The van der Waals surface area contributed by atoms with Gasteiger partial charge < -0.3 is 9.73 Å². The van der Waals surface area contributed by atoms with Gasteiger partial charge in [0.25, 0.3) is 10.2 Å². The van der Waals surface area contributed by atoms with Gasteiger partial charge in [-0.1, -0.05) is 6.07 Å². The van der Waals surface area contributed by atoms with Gasteiger partial charge in [0.15, 0.2) is 6.39 Å². The Labute approximate surface area is 104 Å². The van der Waals surface area contributed by atoms with E-state index >= 15 is 0 Å². The standard InChI is InChI=1S/C10H12N4O3S/c11-18(15,16)14-9-3-1-2-8(4-9)13-6-10-5-12-7-17-10/h1-5,7,13-14H,6H2,(H2,11,15,16). The Balaban J connectivity index is 2.03. The van der Waals surface area contributed by atoms with Gasteiger partial charge in [-0.05, 0) is 18.2 Å². The molecule has 1 heterocycles. The summed E-state index contributed by atoms with van der Waals surface area (Å²) in [6, 6.07) is 6.73. The summed E-state index contributed by atoms with van der Waals surface area (Å²) >= 11 is 0. The number of rotatable bonds is 5. The molecule has 4 N–H and O–H groups in total. The average Bonchev–Trinajstić information content (AvgIpc) is 2.77. The summed E-state index contributed by atoms with van der Waals surface area (Å²) in [5.74, 6) is 0.680. The van der Waals surface area contributed by atoms with Gasteiger partial charge in [-0.25, -0.2) is 10.1 Å². The van der Waals surface area contributed by atoms with E-state index in [0.29, 0.717) is 18.0 Å². The van der Waals surface area contributed by atoms with E-state index in [4.69, 9.17) is 9.56 Å². The predicted molar refractivity (Wildman–Crippen MR) is 67.0 cm³/mol. The highest BCUT2D eigenvalue weighted by Gasteiger charge is 2.03. The third-order valence-corrected chi connectivity index (χ3v) is 2.59. The maximum atomic E-state index is 10.9. The molecule has 0 saturated carbocycles. The van der Waals surface area contributed by atoms with Gasteiger partial charge in [0.2, 0.25) is 0 Å². The molecule has 0 fully saturated rings. The second kappa shape index (κ2) is 5.07. The summed E-state index contributed by atoms with van der Waals surface area (Å²) < 4.78 is 29.0. The minimum absolute atomic E-state index is 0.389. The molecule has 0 saturated heterocycles. The van der Waals surface area contributed by atoms with Crippen LogP contribution in [0.5, 0.6) is 0 Å². The fourth-order valence-electron chi connectivity index (χ4n) is 1.38. The fourth-order valence-corrected chi connectivity index (χ4v) is 1.83. The quantitative estimate of drug-likeness (QED) is 0.746. The number of aromatic nitrogens is 1. The minimum Gasteiger partial charge on any atom is -0.447 e. The van der Waals surface area contributed by atoms with E-state index in [0.717, 1.165) is 5.69 Å². The van der Waals surface area contributed by atoms with Crippen molar-refractivity contribution >= 4 is 21.6 Å². The molecule has 0 spiro atoms. The normalized spacial score (nSPS) is 11.2. The minimum atomic E-state index is -3.76. The predicted octanol–water partition coefficient (Wildman–Crippen LogP) is 0.902. The van der Waals surface area contributed by atoms with Crippen molar-refractivity contribution < 1.29 is 12.8 Å². The molecule has 0 aliphatic carbocycles. The molecule has 0 atom stereocenters. The average molecular weight is 268 g/mol. The summed E-state index contributed by atoms with van der Waals surface area (Å²) in [7, 11) is -3.76. The highest BCUT2D eigenvalue weighted by atomic mass is 32.2. The van der Waals surface area contributed by atoms with E-state index in [1.54, 1.807) is 30.5 Å². The monoisotopic (exact) mass is 268 g/mol. The second-order valence-corrected chi connectivity index (χ2v) is 4.84. The largest absolute Gasteiger partial charge is 0.447 e. The van der Waals surface area contributed by atoms with Crippen molar-refractivity contribution in [1.29, 1.82) is 0 Å². The van der Waals surface area contributed by atoms with Crippen LogP contribution < -0.4 is 15.2 Å². The van der Waals surface area contributed by atoms with Crippen molar-refractivity contribution in [3.63, 3.8) is 0 Å². The summed E-state index contributed by atoms with van der Waals surface area (Å²) in [6.07, 6.45) is 2.94. The summed E-state index contributed by atoms with van der Waals surface area (Å²) in [5.41, 5.74) is 1.13. The number of hydrogen-bond donors (Lipinski definition) is 3. The molecule has 1 aromatic carbocycles. The van der Waals surface area contributed by atoms with Crippen LogP contribution in [0.2, 0.25) is 0 Å². The van der Waals surface area contributed by atoms with E-state index in [1.807, 2.05) is 0 Å². The van der Waals surface area contributed by atoms with Crippen LogP contribution >= 0.6 is 0 Å². The van der Waals surface area contributed by atoms with Gasteiger partial charge in [-0.15, -0.1) is 0 Å². The molecule has 8 heteroatoms. The van der Waals surface area contributed by atoms with E-state index < -0.39 is 10.2 Å². The second-order valence-electron chi connectivity index (χ2n) is 3.55. The van der Waals surface area contributed by atoms with Crippen LogP contribution in [0.15, 0.2) is 41.3 Å². The molecule has 0 aliphatic rings. The van der Waals surface area contributed by atoms with Crippen LogP contribution in [0.1, 0.15) is 5.76 Å². The SMILES string of the molecule is NS(=O)(=O)Nc1cccc(NCc2cnco2)c1. The van der Waals surface area contributed by atoms with E-state index in [2.05, 4.69) is 15.0 Å². The number of hydrogen-bond acceptors (Lipinski definition) is 5. The summed E-state index contributed by atoms with van der Waals surface area (Å²) in [4.78, 5) is 3.79. The van der Waals surface area contributed by atoms with Gasteiger partial charge in [0.05, 0.1) is 18.4 Å². The number of nitrogens with one attached hydrogen (secondary N) is 2. The van der Waals surface area contributed by atoms with Crippen LogP contribution in [-0.2, 0) is 16.8 Å². The van der Waals surface area contributed by atoms with Crippen molar-refractivity contribution in [2.24, 2.45) is 5.14 Å². The number of oxazole rings is 1. The van der Waals surface area contributed by atoms with Crippen molar-refractivity contribution in [2.75, 3.05) is 10.0 Å². The van der Waals surface area contributed by atoms with Crippen LogP contribution in [0.3, 0.4) is 0 Å². The third-order valence-electron chi connectivity index (χ3n) is 2.07. The van der Waals surface area contributed by atoms with Gasteiger partial charge in [-0.2, -0.15) is 8.42 Å². The molecule has 1 aromatic heterocycles. The molecule has 7 nitrogen and oxygen atoms in total. The number of nitrogens with zero attached hydrogens (tertiary/aromatic N) is 1. The van der Waals surface area contributed by atoms with Gasteiger partial charge in [-0.3, -0.25) is 4.72 Å². The number of anilines is 2. The Morgan fingerprint density at radius 2 is 2.11 bits per heavy atom. The Bertz CT molecular complexity index is 610. The number of nitrogens with two attached hydrogens (primary N) is 1. The zero-order valence-corrected chi connectivity index (χ0v) is 10.1. The molecule has 96 valence electrons. The molecule has 0 aliphatic heterocycles. The first kappa shape index (κ1) is 12.4.